The zero-order valence-electron chi connectivity index (χ0n) is 7.56. The highest BCUT2D eigenvalue weighted by molar-refractivity contribution is 7.07. The number of thiazole rings is 1. The number of rotatable bonds is 1. The van der Waals surface area contributed by atoms with E-state index in [9.17, 15) is 4.79 Å². The molecule has 0 bridgehead atoms. The molecule has 4 heteroatoms. The normalized spacial score (nSPS) is 22.2. The van der Waals surface area contributed by atoms with Gasteiger partial charge in [-0.2, -0.15) is 0 Å². The van der Waals surface area contributed by atoms with Crippen molar-refractivity contribution in [1.29, 1.82) is 0 Å². The Morgan fingerprint density at radius 3 is 3.15 bits per heavy atom. The molecule has 1 aliphatic heterocycles. The largest absolute Gasteiger partial charge is 0.337 e. The van der Waals surface area contributed by atoms with Crippen LogP contribution in [0, 0.1) is 5.92 Å². The number of carbonyl (C=O) groups is 1. The molecule has 1 fully saturated rings. The number of carbonyl (C=O) groups excluding carboxylic acids is 1. The van der Waals surface area contributed by atoms with Crippen LogP contribution in [0.3, 0.4) is 0 Å². The molecule has 3 nitrogen and oxygen atoms in total. The molecule has 0 aromatic carbocycles. The van der Waals surface area contributed by atoms with E-state index in [1.807, 2.05) is 10.3 Å². The van der Waals surface area contributed by atoms with Gasteiger partial charge in [0, 0.05) is 18.5 Å². The van der Waals surface area contributed by atoms with Crippen molar-refractivity contribution < 1.29 is 4.79 Å². The Kier molecular flexibility index (Phi) is 2.31. The van der Waals surface area contributed by atoms with Crippen molar-refractivity contribution in [2.45, 2.75) is 13.3 Å². The molecule has 1 aliphatic rings. The molecule has 0 radical (unpaired) electrons. The van der Waals surface area contributed by atoms with Gasteiger partial charge in [-0.15, -0.1) is 11.3 Å². The summed E-state index contributed by atoms with van der Waals surface area (Å²) in [6.45, 7) is 3.95. The molecule has 1 amide bonds. The summed E-state index contributed by atoms with van der Waals surface area (Å²) in [6.07, 6.45) is 1.12. The average molecular weight is 196 g/mol. The Labute approximate surface area is 81.4 Å². The minimum atomic E-state index is 0.0885. The summed E-state index contributed by atoms with van der Waals surface area (Å²) in [5, 5.41) is 1.81. The molecule has 2 heterocycles. The molecule has 2 rings (SSSR count). The minimum Gasteiger partial charge on any atom is -0.337 e. The van der Waals surface area contributed by atoms with Gasteiger partial charge in [0.05, 0.1) is 5.51 Å². The maximum atomic E-state index is 11.7. The van der Waals surface area contributed by atoms with Gasteiger partial charge in [-0.05, 0) is 12.3 Å². The molecule has 70 valence electrons. The van der Waals surface area contributed by atoms with E-state index in [2.05, 4.69) is 11.9 Å². The van der Waals surface area contributed by atoms with Gasteiger partial charge in [0.2, 0.25) is 0 Å². The second kappa shape index (κ2) is 3.46. The van der Waals surface area contributed by atoms with Crippen LogP contribution >= 0.6 is 11.3 Å². The number of amides is 1. The second-order valence-corrected chi connectivity index (χ2v) is 4.24. The molecular weight excluding hydrogens is 184 g/mol. The van der Waals surface area contributed by atoms with Gasteiger partial charge >= 0.3 is 0 Å². The predicted octanol–water partition coefficient (Wildman–Crippen LogP) is 1.63. The van der Waals surface area contributed by atoms with Gasteiger partial charge in [0.15, 0.2) is 0 Å². The molecule has 1 aromatic heterocycles. The first-order chi connectivity index (χ1) is 6.27. The molecule has 0 aliphatic carbocycles. The first-order valence-corrected chi connectivity index (χ1v) is 5.39. The molecule has 1 saturated heterocycles. The molecule has 0 unspecified atom stereocenters. The van der Waals surface area contributed by atoms with E-state index in [-0.39, 0.29) is 5.91 Å². The quantitative estimate of drug-likeness (QED) is 0.684. The molecule has 1 aromatic rings. The summed E-state index contributed by atoms with van der Waals surface area (Å²) in [5.41, 5.74) is 2.30. The first-order valence-electron chi connectivity index (χ1n) is 4.45. The lowest BCUT2D eigenvalue weighted by atomic mass is 10.2. The predicted molar refractivity (Wildman–Crippen MR) is 51.8 cm³/mol. The van der Waals surface area contributed by atoms with Crippen molar-refractivity contribution in [3.63, 3.8) is 0 Å². The van der Waals surface area contributed by atoms with E-state index in [0.29, 0.717) is 11.6 Å². The molecule has 0 saturated carbocycles. The second-order valence-electron chi connectivity index (χ2n) is 3.52. The lowest BCUT2D eigenvalue weighted by molar-refractivity contribution is 0.0783. The van der Waals surface area contributed by atoms with Crippen LogP contribution in [0.2, 0.25) is 0 Å². The summed E-state index contributed by atoms with van der Waals surface area (Å²) in [4.78, 5) is 17.6. The van der Waals surface area contributed by atoms with E-state index in [1.54, 1.807) is 5.51 Å². The topological polar surface area (TPSA) is 33.2 Å². The standard InChI is InChI=1S/C9H12N2OS/c1-7-2-3-11(4-7)9(12)8-5-13-6-10-8/h5-7H,2-4H2,1H3/t7-/m0/s1. The van der Waals surface area contributed by atoms with Gasteiger partial charge in [-0.25, -0.2) is 4.98 Å². The van der Waals surface area contributed by atoms with Crippen LogP contribution in [0.15, 0.2) is 10.9 Å². The maximum Gasteiger partial charge on any atom is 0.273 e. The lowest BCUT2D eigenvalue weighted by Crippen LogP contribution is -2.28. The molecule has 1 atom stereocenters. The van der Waals surface area contributed by atoms with E-state index in [4.69, 9.17) is 0 Å². The highest BCUT2D eigenvalue weighted by atomic mass is 32.1. The van der Waals surface area contributed by atoms with Crippen LogP contribution < -0.4 is 0 Å². The van der Waals surface area contributed by atoms with Crippen molar-refractivity contribution in [1.82, 2.24) is 9.88 Å². The lowest BCUT2D eigenvalue weighted by Gasteiger charge is -2.13. The van der Waals surface area contributed by atoms with Crippen LogP contribution in [0.4, 0.5) is 0 Å². The Morgan fingerprint density at radius 2 is 2.62 bits per heavy atom. The summed E-state index contributed by atoms with van der Waals surface area (Å²) in [6, 6.07) is 0. The monoisotopic (exact) mass is 196 g/mol. The summed E-state index contributed by atoms with van der Waals surface area (Å²) in [5.74, 6) is 0.730. The Hall–Kier alpha value is -0.900. The fraction of sp³-hybridized carbons (Fsp3) is 0.556. The van der Waals surface area contributed by atoms with Crippen LogP contribution in [0.1, 0.15) is 23.8 Å². The van der Waals surface area contributed by atoms with E-state index in [0.717, 1.165) is 19.5 Å². The summed E-state index contributed by atoms with van der Waals surface area (Å²) >= 11 is 1.47. The van der Waals surface area contributed by atoms with Crippen molar-refractivity contribution in [3.05, 3.63) is 16.6 Å². The van der Waals surface area contributed by atoms with E-state index < -0.39 is 0 Å². The van der Waals surface area contributed by atoms with Gasteiger partial charge < -0.3 is 4.90 Å². The highest BCUT2D eigenvalue weighted by Gasteiger charge is 2.24. The Morgan fingerprint density at radius 1 is 1.77 bits per heavy atom. The smallest absolute Gasteiger partial charge is 0.273 e. The van der Waals surface area contributed by atoms with Crippen LogP contribution in [0.5, 0.6) is 0 Å². The summed E-state index contributed by atoms with van der Waals surface area (Å²) < 4.78 is 0. The average Bonchev–Trinajstić information content (AvgIpc) is 2.72. The van der Waals surface area contributed by atoms with Gasteiger partial charge in [0.25, 0.3) is 5.91 Å². The molecular formula is C9H12N2OS. The number of nitrogens with zero attached hydrogens (tertiary/aromatic N) is 2. The van der Waals surface area contributed by atoms with Crippen molar-refractivity contribution >= 4 is 17.2 Å². The van der Waals surface area contributed by atoms with E-state index >= 15 is 0 Å². The van der Waals surface area contributed by atoms with E-state index in [1.165, 1.54) is 11.3 Å². The van der Waals surface area contributed by atoms with Crippen LogP contribution in [0.25, 0.3) is 0 Å². The zero-order chi connectivity index (χ0) is 9.26. The maximum absolute atomic E-state index is 11.7. The number of hydrogen-bond acceptors (Lipinski definition) is 3. The van der Waals surface area contributed by atoms with Crippen molar-refractivity contribution in [2.24, 2.45) is 5.92 Å². The number of hydrogen-bond donors (Lipinski definition) is 0. The van der Waals surface area contributed by atoms with Crippen LogP contribution in [-0.2, 0) is 0 Å². The number of aromatic nitrogens is 1. The molecule has 0 N–H and O–H groups in total. The fourth-order valence-corrected chi connectivity index (χ4v) is 2.13. The Bertz CT molecular complexity index is 297. The Balaban J connectivity index is 2.06. The van der Waals surface area contributed by atoms with Gasteiger partial charge in [-0.1, -0.05) is 6.92 Å². The third kappa shape index (κ3) is 1.72. The third-order valence-electron chi connectivity index (χ3n) is 2.36. The van der Waals surface area contributed by atoms with Crippen molar-refractivity contribution in [2.75, 3.05) is 13.1 Å². The SMILES string of the molecule is C[C@H]1CCN(C(=O)c2cscn2)C1. The molecule has 0 spiro atoms. The van der Waals surface area contributed by atoms with Gasteiger partial charge in [0.1, 0.15) is 5.69 Å². The third-order valence-corrected chi connectivity index (χ3v) is 2.95. The zero-order valence-corrected chi connectivity index (χ0v) is 8.38. The fourth-order valence-electron chi connectivity index (χ4n) is 1.60. The van der Waals surface area contributed by atoms with Crippen molar-refractivity contribution in [3.8, 4) is 0 Å². The highest BCUT2D eigenvalue weighted by Crippen LogP contribution is 2.17. The number of likely N-dealkylation sites (tertiary alicyclic amines) is 1. The van der Waals surface area contributed by atoms with Gasteiger partial charge in [-0.3, -0.25) is 4.79 Å². The molecule has 13 heavy (non-hydrogen) atoms. The van der Waals surface area contributed by atoms with Crippen LogP contribution in [-0.4, -0.2) is 28.9 Å². The minimum absolute atomic E-state index is 0.0885. The summed E-state index contributed by atoms with van der Waals surface area (Å²) in [7, 11) is 0. The first kappa shape index (κ1) is 8.69.